The average molecular weight is 351 g/mol. The maximum absolute atomic E-state index is 12.1. The van der Waals surface area contributed by atoms with Crippen LogP contribution in [0.1, 0.15) is 49.5 Å². The maximum atomic E-state index is 12.1. The zero-order valence-electron chi connectivity index (χ0n) is 15.1. The molecule has 0 N–H and O–H groups in total. The highest BCUT2D eigenvalue weighted by molar-refractivity contribution is 7.98. The summed E-state index contributed by atoms with van der Waals surface area (Å²) in [6.45, 7) is 4.40. The van der Waals surface area contributed by atoms with Crippen molar-refractivity contribution in [1.82, 2.24) is 0 Å². The molecule has 1 aliphatic carbocycles. The molecule has 0 aromatic heterocycles. The number of hydrogen-bond acceptors (Lipinski definition) is 2. The summed E-state index contributed by atoms with van der Waals surface area (Å²) in [5.74, 6) is 1.27. The largest absolute Gasteiger partial charge is 0.295 e. The average Bonchev–Trinajstić information content (AvgIpc) is 2.58. The zero-order chi connectivity index (χ0) is 17.7. The highest BCUT2D eigenvalue weighted by atomic mass is 32.2. The number of benzene rings is 2. The molecule has 0 unspecified atom stereocenters. The Hall–Kier alpha value is -1.80. The topological polar surface area (TPSA) is 17.1 Å². The third kappa shape index (κ3) is 5.34. The van der Waals surface area contributed by atoms with E-state index in [1.54, 1.807) is 0 Å². The lowest BCUT2D eigenvalue weighted by molar-refractivity contribution is -0.117. The Morgan fingerprint density at radius 1 is 0.960 bits per heavy atom. The van der Waals surface area contributed by atoms with Gasteiger partial charge in [-0.2, -0.15) is 0 Å². The van der Waals surface area contributed by atoms with Crippen LogP contribution in [0.25, 0.3) is 0 Å². The molecule has 0 saturated heterocycles. The maximum Gasteiger partial charge on any atom is 0.156 e. The summed E-state index contributed by atoms with van der Waals surface area (Å²) in [5.41, 5.74) is 4.09. The Bertz CT molecular complexity index is 731. The zero-order valence-corrected chi connectivity index (χ0v) is 15.9. The van der Waals surface area contributed by atoms with Crippen molar-refractivity contribution in [3.05, 3.63) is 83.4 Å². The van der Waals surface area contributed by atoms with Gasteiger partial charge in [0, 0.05) is 17.4 Å². The van der Waals surface area contributed by atoms with E-state index < -0.39 is 0 Å². The molecule has 130 valence electrons. The van der Waals surface area contributed by atoms with Gasteiger partial charge >= 0.3 is 0 Å². The van der Waals surface area contributed by atoms with Crippen LogP contribution in [-0.2, 0) is 10.5 Å². The second-order valence-corrected chi connectivity index (χ2v) is 8.88. The molecule has 0 amide bonds. The van der Waals surface area contributed by atoms with Crippen molar-refractivity contribution in [1.29, 1.82) is 0 Å². The number of ketones is 1. The second kappa shape index (κ2) is 8.05. The number of thioether (sulfide) groups is 1. The summed E-state index contributed by atoms with van der Waals surface area (Å²) in [6, 6.07) is 21.3. The van der Waals surface area contributed by atoms with Crippen LogP contribution in [-0.4, -0.2) is 5.78 Å². The van der Waals surface area contributed by atoms with Crippen molar-refractivity contribution in [3.63, 3.8) is 0 Å². The highest BCUT2D eigenvalue weighted by Crippen LogP contribution is 2.42. The van der Waals surface area contributed by atoms with Crippen LogP contribution in [0.2, 0.25) is 0 Å². The molecule has 3 rings (SSSR count). The minimum absolute atomic E-state index is 0.0898. The quantitative estimate of drug-likeness (QED) is 0.602. The molecule has 0 saturated carbocycles. The van der Waals surface area contributed by atoms with Crippen LogP contribution in [0.15, 0.2) is 72.3 Å². The number of carbonyl (C=O) groups is 1. The van der Waals surface area contributed by atoms with Gasteiger partial charge in [-0.3, -0.25) is 4.79 Å². The molecule has 0 spiro atoms. The minimum atomic E-state index is 0.0898. The van der Waals surface area contributed by atoms with Crippen molar-refractivity contribution in [2.24, 2.45) is 5.41 Å². The Morgan fingerprint density at radius 2 is 1.60 bits per heavy atom. The van der Waals surface area contributed by atoms with Gasteiger partial charge in [-0.25, -0.2) is 0 Å². The molecule has 0 fully saturated rings. The number of rotatable bonds is 6. The van der Waals surface area contributed by atoms with E-state index in [1.165, 1.54) is 16.7 Å². The van der Waals surface area contributed by atoms with Gasteiger partial charge in [0.15, 0.2) is 5.78 Å². The van der Waals surface area contributed by atoms with E-state index in [0.717, 1.165) is 18.6 Å². The first-order valence-electron chi connectivity index (χ1n) is 8.95. The highest BCUT2D eigenvalue weighted by Gasteiger charge is 2.28. The van der Waals surface area contributed by atoms with Crippen LogP contribution in [0, 0.1) is 5.41 Å². The molecule has 0 heterocycles. The van der Waals surface area contributed by atoms with Gasteiger partial charge < -0.3 is 0 Å². The SMILES string of the molecule is CC1(C)CC(=O)C=C(C[C@@H](SCc2ccccc2)c2ccccc2)C1. The van der Waals surface area contributed by atoms with E-state index in [2.05, 4.69) is 74.5 Å². The summed E-state index contributed by atoms with van der Waals surface area (Å²) in [6.07, 6.45) is 4.55. The van der Waals surface area contributed by atoms with E-state index in [0.29, 0.717) is 11.7 Å². The van der Waals surface area contributed by atoms with E-state index in [4.69, 9.17) is 0 Å². The van der Waals surface area contributed by atoms with Crippen LogP contribution in [0.5, 0.6) is 0 Å². The van der Waals surface area contributed by atoms with Gasteiger partial charge in [-0.1, -0.05) is 80.1 Å². The molecule has 0 radical (unpaired) electrons. The molecule has 0 aliphatic heterocycles. The Kier molecular flexibility index (Phi) is 5.80. The fourth-order valence-electron chi connectivity index (χ4n) is 3.56. The van der Waals surface area contributed by atoms with E-state index in [-0.39, 0.29) is 11.2 Å². The Balaban J connectivity index is 1.76. The molecule has 1 nitrogen and oxygen atoms in total. The van der Waals surface area contributed by atoms with Gasteiger partial charge in [-0.15, -0.1) is 11.8 Å². The fourth-order valence-corrected chi connectivity index (χ4v) is 4.83. The van der Waals surface area contributed by atoms with Gasteiger partial charge in [0.05, 0.1) is 0 Å². The lowest BCUT2D eigenvalue weighted by atomic mass is 9.75. The first-order valence-corrected chi connectivity index (χ1v) is 9.99. The van der Waals surface area contributed by atoms with Gasteiger partial charge in [0.25, 0.3) is 0 Å². The van der Waals surface area contributed by atoms with Crippen LogP contribution >= 0.6 is 11.8 Å². The molecule has 25 heavy (non-hydrogen) atoms. The lowest BCUT2D eigenvalue weighted by Crippen LogP contribution is -2.22. The predicted octanol–water partition coefficient (Wildman–Crippen LogP) is 6.37. The molecular weight excluding hydrogens is 324 g/mol. The Morgan fingerprint density at radius 3 is 2.24 bits per heavy atom. The standard InChI is InChI=1S/C23H26OS/c1-23(2)15-19(13-21(24)16-23)14-22(20-11-7-4-8-12-20)25-17-18-9-5-3-6-10-18/h3-13,22H,14-17H2,1-2H3/t22-/m1/s1. The molecule has 2 aromatic carbocycles. The summed E-state index contributed by atoms with van der Waals surface area (Å²) in [7, 11) is 0. The third-order valence-electron chi connectivity index (χ3n) is 4.64. The van der Waals surface area contributed by atoms with E-state index in [9.17, 15) is 4.79 Å². The molecule has 2 heteroatoms. The lowest BCUT2D eigenvalue weighted by Gasteiger charge is -2.30. The summed E-state index contributed by atoms with van der Waals surface area (Å²) in [4.78, 5) is 12.1. The summed E-state index contributed by atoms with van der Waals surface area (Å²) in [5, 5.41) is 0.384. The van der Waals surface area contributed by atoms with E-state index in [1.807, 2.05) is 17.8 Å². The van der Waals surface area contributed by atoms with Gasteiger partial charge in [0.2, 0.25) is 0 Å². The summed E-state index contributed by atoms with van der Waals surface area (Å²) >= 11 is 1.97. The molecule has 0 bridgehead atoms. The summed E-state index contributed by atoms with van der Waals surface area (Å²) < 4.78 is 0. The first-order chi connectivity index (χ1) is 12.0. The number of hydrogen-bond donors (Lipinski definition) is 0. The first kappa shape index (κ1) is 18.0. The Labute approximate surface area is 155 Å². The van der Waals surface area contributed by atoms with E-state index >= 15 is 0 Å². The molecular formula is C23H26OS. The van der Waals surface area contributed by atoms with Crippen LogP contribution < -0.4 is 0 Å². The van der Waals surface area contributed by atoms with Crippen LogP contribution in [0.3, 0.4) is 0 Å². The number of allylic oxidation sites excluding steroid dienone is 2. The number of carbonyl (C=O) groups excluding carboxylic acids is 1. The van der Waals surface area contributed by atoms with Crippen molar-refractivity contribution in [3.8, 4) is 0 Å². The second-order valence-electron chi connectivity index (χ2n) is 7.69. The monoisotopic (exact) mass is 350 g/mol. The fraction of sp³-hybridized carbons (Fsp3) is 0.348. The predicted molar refractivity (Wildman–Crippen MR) is 108 cm³/mol. The molecule has 2 aromatic rings. The smallest absolute Gasteiger partial charge is 0.156 e. The minimum Gasteiger partial charge on any atom is -0.295 e. The van der Waals surface area contributed by atoms with Crippen molar-refractivity contribution in [2.75, 3.05) is 0 Å². The third-order valence-corrected chi connectivity index (χ3v) is 5.98. The molecule has 1 atom stereocenters. The van der Waals surface area contributed by atoms with Crippen LogP contribution in [0.4, 0.5) is 0 Å². The van der Waals surface area contributed by atoms with Crippen molar-refractivity contribution in [2.45, 2.75) is 44.1 Å². The van der Waals surface area contributed by atoms with Gasteiger partial charge in [0.1, 0.15) is 0 Å². The van der Waals surface area contributed by atoms with Crippen molar-refractivity contribution < 1.29 is 4.79 Å². The normalized spacial score (nSPS) is 17.8. The van der Waals surface area contributed by atoms with Gasteiger partial charge in [-0.05, 0) is 35.5 Å². The molecule has 1 aliphatic rings. The van der Waals surface area contributed by atoms with Crippen molar-refractivity contribution >= 4 is 17.5 Å².